The Hall–Kier alpha value is -11.6. The molecule has 0 unspecified atom stereocenters. The highest BCUT2D eigenvalue weighted by Crippen LogP contribution is 2.21. The van der Waals surface area contributed by atoms with Gasteiger partial charge in [0.1, 0.15) is 84.3 Å². The van der Waals surface area contributed by atoms with E-state index in [2.05, 4.69) is 84.1 Å². The third kappa shape index (κ3) is 33.1. The molecule has 26 N–H and O–H groups in total. The largest absolute Gasteiger partial charge is 0.508 e. The van der Waals surface area contributed by atoms with E-state index in [4.69, 9.17) is 17.2 Å². The number of fused-ring (bicyclic) bond motifs is 1. The van der Waals surface area contributed by atoms with E-state index in [9.17, 15) is 92.7 Å². The van der Waals surface area contributed by atoms with Gasteiger partial charge in [-0.3, -0.25) is 76.7 Å². The number of aliphatic hydroxyl groups is 3. The van der Waals surface area contributed by atoms with Crippen LogP contribution in [-0.4, -0.2) is 239 Å². The summed E-state index contributed by atoms with van der Waals surface area (Å²) in [7, 11) is 0. The van der Waals surface area contributed by atoms with Gasteiger partial charge in [-0.2, -0.15) is 0 Å². The number of phenols is 1. The molecule has 0 aliphatic rings. The van der Waals surface area contributed by atoms with E-state index in [0.717, 1.165) is 6.92 Å². The number of rotatable bonds is 51. The Morgan fingerprint density at radius 2 is 0.871 bits per heavy atom. The number of aromatic amines is 2. The molecule has 15 atom stereocenters. The van der Waals surface area contributed by atoms with E-state index >= 15 is 9.59 Å². The van der Waals surface area contributed by atoms with Crippen LogP contribution >= 0.6 is 0 Å². The molecule has 15 amide bonds. The first-order chi connectivity index (χ1) is 54.6. The van der Waals surface area contributed by atoms with Crippen molar-refractivity contribution in [3.63, 3.8) is 0 Å². The molecule has 0 aliphatic carbocycles. The van der Waals surface area contributed by atoms with Crippen LogP contribution in [0.4, 0.5) is 0 Å². The molecule has 0 spiro atoms. The van der Waals surface area contributed by atoms with E-state index < -0.39 is 224 Å². The minimum Gasteiger partial charge on any atom is -0.508 e. The van der Waals surface area contributed by atoms with Crippen LogP contribution in [0.3, 0.4) is 0 Å². The molecule has 0 saturated heterocycles. The van der Waals surface area contributed by atoms with Gasteiger partial charge < -0.3 is 122 Å². The van der Waals surface area contributed by atoms with Gasteiger partial charge in [0.15, 0.2) is 0 Å². The number of unbranched alkanes of at least 4 members (excludes halogenated alkanes) is 1. The lowest BCUT2D eigenvalue weighted by Crippen LogP contribution is -2.62. The number of para-hydroxylation sites is 1. The van der Waals surface area contributed by atoms with Gasteiger partial charge in [0.25, 0.3) is 0 Å². The van der Waals surface area contributed by atoms with Crippen molar-refractivity contribution in [2.75, 3.05) is 13.2 Å². The molecule has 40 nitrogen and oxygen atoms in total. The number of hydrogen-bond acceptors (Lipinski definition) is 22. The number of carboxylic acids is 1. The van der Waals surface area contributed by atoms with Crippen molar-refractivity contribution < 1.29 is 102 Å². The van der Waals surface area contributed by atoms with Gasteiger partial charge >= 0.3 is 5.97 Å². The maximum atomic E-state index is 15.2. The Morgan fingerprint density at radius 3 is 1.34 bits per heavy atom. The number of aliphatic carboxylic acids is 1. The van der Waals surface area contributed by atoms with E-state index in [1.54, 1.807) is 72.0 Å². The number of aromatic nitrogens is 3. The molecular formula is C76H115N19O21. The van der Waals surface area contributed by atoms with Crippen LogP contribution in [0.1, 0.15) is 150 Å². The smallest absolute Gasteiger partial charge is 0.303 e. The highest BCUT2D eigenvalue weighted by Gasteiger charge is 2.40. The molecule has 4 aromatic rings. The van der Waals surface area contributed by atoms with Crippen molar-refractivity contribution in [3.05, 3.63) is 84.1 Å². The second kappa shape index (κ2) is 47.9. The Kier molecular flexibility index (Phi) is 39.9. The van der Waals surface area contributed by atoms with Gasteiger partial charge in [0.05, 0.1) is 25.1 Å². The number of carbonyl (C=O) groups is 16. The Morgan fingerprint density at radius 1 is 0.448 bits per heavy atom. The maximum Gasteiger partial charge on any atom is 0.303 e. The molecule has 116 heavy (non-hydrogen) atoms. The van der Waals surface area contributed by atoms with Crippen molar-refractivity contribution in [2.24, 2.45) is 35.0 Å². The van der Waals surface area contributed by atoms with Gasteiger partial charge in [-0.25, -0.2) is 4.98 Å². The number of primary amides is 2. The average Bonchev–Trinajstić information content (AvgIpc) is 1.71. The monoisotopic (exact) mass is 1630 g/mol. The number of phenolic OH excluding ortho intramolecular Hbond substituents is 1. The second-order valence-electron chi connectivity index (χ2n) is 29.9. The Bertz CT molecular complexity index is 4000. The molecule has 2 aromatic heterocycles. The molecule has 0 bridgehead atoms. The number of H-pyrrole nitrogens is 2. The summed E-state index contributed by atoms with van der Waals surface area (Å²) in [6.45, 7) is 14.3. The molecule has 0 saturated carbocycles. The number of hydrogen-bond donors (Lipinski definition) is 23. The fourth-order valence-electron chi connectivity index (χ4n) is 12.2. The van der Waals surface area contributed by atoms with E-state index in [0.29, 0.717) is 34.9 Å². The van der Waals surface area contributed by atoms with Crippen LogP contribution in [0, 0.1) is 17.8 Å². The summed E-state index contributed by atoms with van der Waals surface area (Å²) in [6, 6.07) is -8.42. The number of aromatic hydroxyl groups is 1. The SMILES string of the molecule is CC(=O)N[C@@H](CC(C)C)C(=O)N[C@H](C(=O)N[C@@H](CC(C)C)C(=O)N[C@@H](CCC(=O)O)C(=O)N[C@@H](Cc1cnc[nH]1)C(=O)N[C@@H](Cc1ccc(O)cc1)C(=O)N[C@@H](Cc1c[nH]c2ccccc12)C(=O)N[C@@H](C)C(=O)N[C@@H](CCC(N)=O)C(=O)N[C@@H](CC(C)C)C(=O)N[C@H](C(=O)N[C@@H](CO)C(=O)N[C@@H](CCCCN)C(N)=O)[C@@H](C)O)[C@@H](C)O. The van der Waals surface area contributed by atoms with Crippen LogP contribution in [0.25, 0.3) is 10.9 Å². The molecule has 0 aliphatic heterocycles. The summed E-state index contributed by atoms with van der Waals surface area (Å²) in [4.78, 5) is 230. The van der Waals surface area contributed by atoms with Crippen molar-refractivity contribution in [1.29, 1.82) is 0 Å². The number of amides is 15. The highest BCUT2D eigenvalue weighted by atomic mass is 16.4. The first-order valence-electron chi connectivity index (χ1n) is 38.3. The third-order valence-electron chi connectivity index (χ3n) is 18.3. The van der Waals surface area contributed by atoms with Crippen molar-refractivity contribution in [1.82, 2.24) is 84.1 Å². The summed E-state index contributed by atoms with van der Waals surface area (Å²) in [5.41, 5.74) is 18.1. The van der Waals surface area contributed by atoms with Crippen LogP contribution in [0.15, 0.2) is 67.3 Å². The molecule has 2 aromatic carbocycles. The Labute approximate surface area is 670 Å². The summed E-state index contributed by atoms with van der Waals surface area (Å²) >= 11 is 0. The number of aliphatic hydroxyl groups excluding tert-OH is 3. The number of nitrogens with zero attached hydrogens (tertiary/aromatic N) is 1. The van der Waals surface area contributed by atoms with E-state index in [-0.39, 0.29) is 74.3 Å². The molecule has 640 valence electrons. The predicted molar refractivity (Wildman–Crippen MR) is 419 cm³/mol. The topological polar surface area (TPSA) is 653 Å². The zero-order valence-corrected chi connectivity index (χ0v) is 66.8. The number of carboxylic acid groups (broad SMARTS) is 1. The Balaban J connectivity index is 1.68. The number of nitrogens with one attached hydrogen (secondary N) is 15. The fourth-order valence-corrected chi connectivity index (χ4v) is 12.2. The molecule has 4 rings (SSSR count). The first kappa shape index (κ1) is 96.7. The summed E-state index contributed by atoms with van der Waals surface area (Å²) in [5.74, 6) is -17.4. The summed E-state index contributed by atoms with van der Waals surface area (Å²) in [5, 5.41) is 84.7. The van der Waals surface area contributed by atoms with E-state index in [1.807, 2.05) is 0 Å². The van der Waals surface area contributed by atoms with Gasteiger partial charge in [-0.05, 0) is 126 Å². The number of benzene rings is 2. The van der Waals surface area contributed by atoms with Crippen molar-refractivity contribution in [2.45, 2.75) is 243 Å². The quantitative estimate of drug-likeness (QED) is 0.0186. The fraction of sp³-hybridized carbons (Fsp3) is 0.566. The highest BCUT2D eigenvalue weighted by molar-refractivity contribution is 6.01. The van der Waals surface area contributed by atoms with Gasteiger partial charge in [0, 0.05) is 68.0 Å². The zero-order valence-electron chi connectivity index (χ0n) is 66.8. The van der Waals surface area contributed by atoms with Crippen molar-refractivity contribution in [3.8, 4) is 5.75 Å². The second-order valence-corrected chi connectivity index (χ2v) is 29.9. The first-order valence-corrected chi connectivity index (χ1v) is 38.3. The van der Waals surface area contributed by atoms with Crippen LogP contribution < -0.4 is 86.3 Å². The normalized spacial score (nSPS) is 15.2. The lowest BCUT2D eigenvalue weighted by Gasteiger charge is -2.29. The zero-order chi connectivity index (χ0) is 86.8. The predicted octanol–water partition coefficient (Wildman–Crippen LogP) is -4.40. The van der Waals surface area contributed by atoms with Crippen LogP contribution in [0.2, 0.25) is 0 Å². The number of imidazole rings is 1. The average molecular weight is 1630 g/mol. The molecule has 0 fully saturated rings. The minimum atomic E-state index is -1.85. The number of carbonyl (C=O) groups excluding carboxylic acids is 15. The summed E-state index contributed by atoms with van der Waals surface area (Å²) in [6.07, 6.45) is -1.71. The summed E-state index contributed by atoms with van der Waals surface area (Å²) < 4.78 is 0. The van der Waals surface area contributed by atoms with Crippen molar-refractivity contribution >= 4 is 105 Å². The molecule has 0 radical (unpaired) electrons. The van der Waals surface area contributed by atoms with Gasteiger partial charge in [0.2, 0.25) is 88.6 Å². The van der Waals surface area contributed by atoms with Gasteiger partial charge in [-0.1, -0.05) is 71.9 Å². The lowest BCUT2D eigenvalue weighted by atomic mass is 10.00. The van der Waals surface area contributed by atoms with Gasteiger partial charge in [-0.15, -0.1) is 0 Å². The lowest BCUT2D eigenvalue weighted by molar-refractivity contribution is -0.139. The maximum absolute atomic E-state index is 15.2. The van der Waals surface area contributed by atoms with Crippen LogP contribution in [-0.2, 0) is 96.0 Å². The molecular weight excluding hydrogens is 1510 g/mol. The molecule has 40 heteroatoms. The standard InChI is InChI=1S/C76H115N19O21/c1-37(2)27-53(84-43(10)99)72(112)94-62(41(8)97)75(115)92-54(28-38(3)4)69(109)87-52(23-25-61(102)103)67(107)91-58(32-46-34-80-36-82-46)71(111)89-56(30-44-18-20-47(100)21-19-44)70(110)90-57(31-45-33-81-49-16-12-11-15-48(45)49)68(108)83-40(7)65(105)86-51(22-24-60(78)101)66(106)88-55(29-39(5)6)73(113)95-63(42(9)98)76(116)93-59(35-96)74(114)85-50(64(79)104)17-13-14-26-77/h11-12,15-16,18-21,33-34,36-42,50-59,62-63,81,96-98,100H,13-14,17,22-32,35,77H2,1-10H3,(H2,78,101)(H2,79,104)(H,80,82)(H,83,108)(H,84,99)(H,85,114)(H,86,105)(H,87,109)(H,88,106)(H,89,111)(H,90,110)(H,91,107)(H,92,115)(H,93,116)(H,94,112)(H,95,113)(H,102,103)/t40-,41+,42+,50-,51-,52-,53-,54-,55-,56-,57-,58-,59-,62-,63-/m0/s1. The minimum absolute atomic E-state index is 0.0843. The van der Waals surface area contributed by atoms with Crippen LogP contribution in [0.5, 0.6) is 5.75 Å². The molecule has 2 heterocycles. The number of nitrogens with two attached hydrogens (primary N) is 3. The third-order valence-corrected chi connectivity index (χ3v) is 18.3. The van der Waals surface area contributed by atoms with E-state index in [1.165, 1.54) is 57.6 Å².